The van der Waals surface area contributed by atoms with Crippen molar-refractivity contribution in [2.45, 2.75) is 39.7 Å². The van der Waals surface area contributed by atoms with E-state index < -0.39 is 0 Å². The van der Waals surface area contributed by atoms with Gasteiger partial charge in [-0.3, -0.25) is 4.79 Å². The van der Waals surface area contributed by atoms with E-state index in [2.05, 4.69) is 0 Å². The molecule has 1 saturated heterocycles. The zero-order valence-electron chi connectivity index (χ0n) is 9.25. The topological polar surface area (TPSA) is 46.3 Å². The predicted molar refractivity (Wildman–Crippen MR) is 60.5 cm³/mol. The van der Waals surface area contributed by atoms with Gasteiger partial charge >= 0.3 is 0 Å². The van der Waals surface area contributed by atoms with Gasteiger partial charge in [0.2, 0.25) is 5.91 Å². The van der Waals surface area contributed by atoms with Crippen molar-refractivity contribution in [1.29, 1.82) is 0 Å². The summed E-state index contributed by atoms with van der Waals surface area (Å²) >= 11 is 0. The fourth-order valence-corrected chi connectivity index (χ4v) is 1.50. The highest BCUT2D eigenvalue weighted by atomic mass is 35.5. The summed E-state index contributed by atoms with van der Waals surface area (Å²) in [7, 11) is 0. The second-order valence-corrected chi connectivity index (χ2v) is 4.88. The van der Waals surface area contributed by atoms with Gasteiger partial charge in [-0.2, -0.15) is 0 Å². The van der Waals surface area contributed by atoms with Crippen LogP contribution in [0.2, 0.25) is 0 Å². The van der Waals surface area contributed by atoms with Gasteiger partial charge in [-0.15, -0.1) is 12.4 Å². The van der Waals surface area contributed by atoms with Crippen molar-refractivity contribution in [3.63, 3.8) is 0 Å². The number of halogens is 1. The Hall–Kier alpha value is -0.280. The minimum Gasteiger partial charge on any atom is -0.341 e. The molecule has 0 aliphatic carbocycles. The Labute approximate surface area is 92.4 Å². The minimum absolute atomic E-state index is 0. The lowest BCUT2D eigenvalue weighted by Crippen LogP contribution is -2.49. The monoisotopic (exact) mass is 220 g/mol. The molecule has 0 spiro atoms. The molecule has 1 fully saturated rings. The van der Waals surface area contributed by atoms with Crippen LogP contribution >= 0.6 is 12.4 Å². The highest BCUT2D eigenvalue weighted by molar-refractivity contribution is 5.85. The summed E-state index contributed by atoms with van der Waals surface area (Å²) in [6, 6.07) is -0.356. The first-order chi connectivity index (χ1) is 5.93. The Morgan fingerprint density at radius 3 is 2.07 bits per heavy atom. The van der Waals surface area contributed by atoms with Gasteiger partial charge in [0.15, 0.2) is 0 Å². The Kier molecular flexibility index (Phi) is 4.89. The fraction of sp³-hybridized carbons (Fsp3) is 0.900. The normalized spacial score (nSPS) is 19.0. The molecule has 1 aliphatic heterocycles. The number of hydrogen-bond acceptors (Lipinski definition) is 2. The van der Waals surface area contributed by atoms with Gasteiger partial charge in [-0.25, -0.2) is 0 Å². The van der Waals surface area contributed by atoms with E-state index in [4.69, 9.17) is 5.73 Å². The lowest BCUT2D eigenvalue weighted by Gasteiger charge is -2.29. The number of carbonyl (C=O) groups excluding carboxylic acids is 1. The average Bonchev–Trinajstić information content (AvgIpc) is 2.51. The Bertz CT molecular complexity index is 195. The Balaban J connectivity index is 0.00000169. The van der Waals surface area contributed by atoms with Gasteiger partial charge in [0.1, 0.15) is 0 Å². The second-order valence-electron chi connectivity index (χ2n) is 4.88. The highest BCUT2D eigenvalue weighted by Crippen LogP contribution is 2.20. The molecular formula is C10H21ClN2O. The largest absolute Gasteiger partial charge is 0.341 e. The fourth-order valence-electron chi connectivity index (χ4n) is 1.50. The van der Waals surface area contributed by atoms with Crippen LogP contribution in [0.4, 0.5) is 0 Å². The molecule has 4 heteroatoms. The molecule has 1 aliphatic rings. The van der Waals surface area contributed by atoms with E-state index in [1.165, 1.54) is 0 Å². The SMILES string of the molecule is CC(C)(C)C(N)C(=O)N1CCCC1.Cl. The number of amides is 1. The summed E-state index contributed by atoms with van der Waals surface area (Å²) in [6.45, 7) is 7.80. The molecule has 1 unspecified atom stereocenters. The van der Waals surface area contributed by atoms with E-state index in [9.17, 15) is 4.79 Å². The standard InChI is InChI=1S/C10H20N2O.ClH/c1-10(2,3)8(11)9(13)12-6-4-5-7-12;/h8H,4-7,11H2,1-3H3;1H. The molecule has 0 bridgehead atoms. The lowest BCUT2D eigenvalue weighted by atomic mass is 9.86. The lowest BCUT2D eigenvalue weighted by molar-refractivity contribution is -0.133. The molecule has 0 aromatic carbocycles. The third-order valence-corrected chi connectivity index (χ3v) is 2.62. The van der Waals surface area contributed by atoms with Crippen molar-refractivity contribution in [2.24, 2.45) is 11.1 Å². The number of hydrogen-bond donors (Lipinski definition) is 1. The van der Waals surface area contributed by atoms with Crippen LogP contribution in [0.1, 0.15) is 33.6 Å². The third kappa shape index (κ3) is 3.14. The summed E-state index contributed by atoms with van der Waals surface area (Å²) in [4.78, 5) is 13.7. The molecule has 1 atom stereocenters. The molecule has 0 aromatic rings. The van der Waals surface area contributed by atoms with E-state index in [0.717, 1.165) is 25.9 Å². The van der Waals surface area contributed by atoms with Crippen LogP contribution in [-0.4, -0.2) is 29.9 Å². The molecule has 1 heterocycles. The van der Waals surface area contributed by atoms with E-state index >= 15 is 0 Å². The van der Waals surface area contributed by atoms with E-state index in [0.29, 0.717) is 0 Å². The first-order valence-corrected chi connectivity index (χ1v) is 4.97. The number of rotatable bonds is 1. The zero-order valence-corrected chi connectivity index (χ0v) is 10.1. The van der Waals surface area contributed by atoms with Crippen LogP contribution in [0.15, 0.2) is 0 Å². The molecule has 3 nitrogen and oxygen atoms in total. The molecule has 1 amide bonds. The number of likely N-dealkylation sites (tertiary alicyclic amines) is 1. The zero-order chi connectivity index (χ0) is 10.1. The predicted octanol–water partition coefficient (Wildman–Crippen LogP) is 1.40. The molecule has 0 radical (unpaired) electrons. The van der Waals surface area contributed by atoms with Crippen molar-refractivity contribution >= 4 is 18.3 Å². The minimum atomic E-state index is -0.356. The molecule has 14 heavy (non-hydrogen) atoms. The van der Waals surface area contributed by atoms with Crippen LogP contribution in [0.5, 0.6) is 0 Å². The first-order valence-electron chi connectivity index (χ1n) is 4.97. The van der Waals surface area contributed by atoms with E-state index in [1.807, 2.05) is 25.7 Å². The van der Waals surface area contributed by atoms with Crippen molar-refractivity contribution in [1.82, 2.24) is 4.90 Å². The third-order valence-electron chi connectivity index (χ3n) is 2.62. The number of nitrogens with zero attached hydrogens (tertiary/aromatic N) is 1. The molecule has 0 aromatic heterocycles. The maximum Gasteiger partial charge on any atom is 0.240 e. The Morgan fingerprint density at radius 2 is 1.71 bits per heavy atom. The first kappa shape index (κ1) is 13.7. The van der Waals surface area contributed by atoms with Crippen molar-refractivity contribution in [3.05, 3.63) is 0 Å². The van der Waals surface area contributed by atoms with Crippen molar-refractivity contribution in [3.8, 4) is 0 Å². The van der Waals surface area contributed by atoms with Gasteiger partial charge < -0.3 is 10.6 Å². The smallest absolute Gasteiger partial charge is 0.240 e. The average molecular weight is 221 g/mol. The summed E-state index contributed by atoms with van der Waals surface area (Å²) in [5, 5.41) is 0. The van der Waals surface area contributed by atoms with Crippen LogP contribution in [0.3, 0.4) is 0 Å². The van der Waals surface area contributed by atoms with Crippen LogP contribution in [-0.2, 0) is 4.79 Å². The van der Waals surface area contributed by atoms with Gasteiger partial charge in [0, 0.05) is 13.1 Å². The quantitative estimate of drug-likeness (QED) is 0.726. The second kappa shape index (κ2) is 4.99. The molecule has 1 rings (SSSR count). The maximum atomic E-state index is 11.8. The number of nitrogens with two attached hydrogens (primary N) is 1. The maximum absolute atomic E-state index is 11.8. The summed E-state index contributed by atoms with van der Waals surface area (Å²) in [5.74, 6) is 0.116. The molecular weight excluding hydrogens is 200 g/mol. The van der Waals surface area contributed by atoms with Gasteiger partial charge in [0.25, 0.3) is 0 Å². The summed E-state index contributed by atoms with van der Waals surface area (Å²) in [5.41, 5.74) is 5.76. The van der Waals surface area contributed by atoms with Crippen molar-refractivity contribution < 1.29 is 4.79 Å². The highest BCUT2D eigenvalue weighted by Gasteiger charge is 2.31. The molecule has 2 N–H and O–H groups in total. The Morgan fingerprint density at radius 1 is 1.29 bits per heavy atom. The van der Waals surface area contributed by atoms with Crippen molar-refractivity contribution in [2.75, 3.05) is 13.1 Å². The van der Waals surface area contributed by atoms with Crippen LogP contribution in [0, 0.1) is 5.41 Å². The van der Waals surface area contributed by atoms with Gasteiger partial charge in [-0.1, -0.05) is 20.8 Å². The van der Waals surface area contributed by atoms with E-state index in [1.54, 1.807) is 0 Å². The van der Waals surface area contributed by atoms with E-state index in [-0.39, 0.29) is 29.8 Å². The van der Waals surface area contributed by atoms with Crippen LogP contribution in [0.25, 0.3) is 0 Å². The summed E-state index contributed by atoms with van der Waals surface area (Å²) < 4.78 is 0. The van der Waals surface area contributed by atoms with Gasteiger partial charge in [0.05, 0.1) is 6.04 Å². The van der Waals surface area contributed by atoms with Gasteiger partial charge in [-0.05, 0) is 18.3 Å². The summed E-state index contributed by atoms with van der Waals surface area (Å²) in [6.07, 6.45) is 2.26. The van der Waals surface area contributed by atoms with Crippen LogP contribution < -0.4 is 5.73 Å². The molecule has 0 saturated carbocycles. The molecule has 84 valence electrons. The number of carbonyl (C=O) groups is 1.